The Kier molecular flexibility index (Phi) is 7.78. The maximum atomic E-state index is 10.4. The van der Waals surface area contributed by atoms with Crippen molar-refractivity contribution >= 4 is 6.08 Å². The summed E-state index contributed by atoms with van der Waals surface area (Å²) in [6.45, 7) is -0.129. The lowest BCUT2D eigenvalue weighted by molar-refractivity contribution is -0.0823. The molecular formula is C20H25NO4. The molecule has 0 aliphatic heterocycles. The zero-order valence-corrected chi connectivity index (χ0v) is 13.9. The molecule has 5 heteroatoms. The molecule has 0 spiro atoms. The highest BCUT2D eigenvalue weighted by molar-refractivity contribution is 5.49. The highest BCUT2D eigenvalue weighted by Gasteiger charge is 2.29. The van der Waals surface area contributed by atoms with Crippen molar-refractivity contribution in [2.75, 3.05) is 6.61 Å². The minimum atomic E-state index is -1.46. The fraction of sp³-hybridized carbons (Fsp3) is 0.300. The molecular weight excluding hydrogens is 318 g/mol. The van der Waals surface area contributed by atoms with Gasteiger partial charge in [-0.1, -0.05) is 72.8 Å². The van der Waals surface area contributed by atoms with Gasteiger partial charge in [0.1, 0.15) is 18.3 Å². The molecule has 0 saturated carbocycles. The van der Waals surface area contributed by atoms with E-state index in [9.17, 15) is 15.3 Å². The van der Waals surface area contributed by atoms with E-state index in [1.807, 2.05) is 66.7 Å². The van der Waals surface area contributed by atoms with Gasteiger partial charge < -0.3 is 25.7 Å². The van der Waals surface area contributed by atoms with E-state index in [4.69, 9.17) is 5.11 Å². The van der Waals surface area contributed by atoms with Gasteiger partial charge in [0.2, 0.25) is 0 Å². The van der Waals surface area contributed by atoms with E-state index in [2.05, 4.69) is 5.32 Å². The maximum Gasteiger partial charge on any atom is 0.110 e. The Morgan fingerprint density at radius 3 is 2.04 bits per heavy atom. The molecule has 25 heavy (non-hydrogen) atoms. The normalized spacial score (nSPS) is 16.5. The first kappa shape index (κ1) is 19.3. The van der Waals surface area contributed by atoms with Crippen LogP contribution in [0.15, 0.2) is 66.7 Å². The Labute approximate surface area is 147 Å². The third-order valence-electron chi connectivity index (χ3n) is 3.98. The van der Waals surface area contributed by atoms with Crippen molar-refractivity contribution < 1.29 is 20.4 Å². The van der Waals surface area contributed by atoms with Gasteiger partial charge in [-0.3, -0.25) is 0 Å². The molecule has 2 aromatic carbocycles. The van der Waals surface area contributed by atoms with Crippen LogP contribution in [0.3, 0.4) is 0 Å². The van der Waals surface area contributed by atoms with Crippen LogP contribution >= 0.6 is 0 Å². The Hall–Kier alpha value is -2.02. The predicted octanol–water partition coefficient (Wildman–Crippen LogP) is 0.933. The van der Waals surface area contributed by atoms with Crippen molar-refractivity contribution in [2.24, 2.45) is 0 Å². The van der Waals surface area contributed by atoms with Crippen LogP contribution in [0.2, 0.25) is 0 Å². The standard InChI is InChI=1S/C20H25NO4/c22-14-18(23)20(25)19(24)17(12-11-15-7-3-1-4-8-15)21-13-16-9-5-2-6-10-16/h1-12,17-25H,13-14H2/b12-11+/t17-,18+,19-,20-/m0/s1. The van der Waals surface area contributed by atoms with Crippen molar-refractivity contribution in [3.05, 3.63) is 77.9 Å². The molecule has 0 unspecified atom stereocenters. The topological polar surface area (TPSA) is 93.0 Å². The van der Waals surface area contributed by atoms with Crippen LogP contribution in [0.1, 0.15) is 11.1 Å². The summed E-state index contributed by atoms with van der Waals surface area (Å²) in [6, 6.07) is 18.7. The van der Waals surface area contributed by atoms with E-state index in [0.717, 1.165) is 11.1 Å². The first-order chi connectivity index (χ1) is 12.1. The molecule has 0 bridgehead atoms. The predicted molar refractivity (Wildman–Crippen MR) is 97.7 cm³/mol. The van der Waals surface area contributed by atoms with Crippen molar-refractivity contribution in [3.63, 3.8) is 0 Å². The molecule has 0 aliphatic carbocycles. The minimum absolute atomic E-state index is 0.490. The van der Waals surface area contributed by atoms with Gasteiger partial charge >= 0.3 is 0 Å². The summed E-state index contributed by atoms with van der Waals surface area (Å²) in [6.07, 6.45) is -0.550. The van der Waals surface area contributed by atoms with Gasteiger partial charge in [0.05, 0.1) is 12.6 Å². The van der Waals surface area contributed by atoms with Crippen LogP contribution in [0.5, 0.6) is 0 Å². The van der Waals surface area contributed by atoms with Gasteiger partial charge in [-0.25, -0.2) is 0 Å². The molecule has 2 aromatic rings. The number of aliphatic hydroxyl groups excluding tert-OH is 4. The number of nitrogens with one attached hydrogen (secondary N) is 1. The molecule has 5 nitrogen and oxygen atoms in total. The molecule has 0 radical (unpaired) electrons. The first-order valence-electron chi connectivity index (χ1n) is 8.27. The second-order valence-electron chi connectivity index (χ2n) is 5.89. The molecule has 134 valence electrons. The van der Waals surface area contributed by atoms with Gasteiger partial charge in [0.15, 0.2) is 0 Å². The third-order valence-corrected chi connectivity index (χ3v) is 3.98. The first-order valence-corrected chi connectivity index (χ1v) is 8.27. The van der Waals surface area contributed by atoms with Crippen molar-refractivity contribution in [1.82, 2.24) is 5.32 Å². The number of aliphatic hydroxyl groups is 4. The number of hydrogen-bond acceptors (Lipinski definition) is 5. The average Bonchev–Trinajstić information content (AvgIpc) is 2.68. The van der Waals surface area contributed by atoms with Gasteiger partial charge in [-0.15, -0.1) is 0 Å². The largest absolute Gasteiger partial charge is 0.394 e. The van der Waals surface area contributed by atoms with E-state index < -0.39 is 31.0 Å². The lowest BCUT2D eigenvalue weighted by Crippen LogP contribution is -2.50. The van der Waals surface area contributed by atoms with Gasteiger partial charge in [-0.2, -0.15) is 0 Å². The molecule has 5 N–H and O–H groups in total. The van der Waals surface area contributed by atoms with Gasteiger partial charge in [0, 0.05) is 6.54 Å². The molecule has 0 heterocycles. The molecule has 0 fully saturated rings. The SMILES string of the molecule is OC[C@@H](O)[C@H](O)[C@@H](O)[C@H](/C=C/c1ccccc1)NCc1ccccc1. The number of hydrogen-bond donors (Lipinski definition) is 5. The Bertz CT molecular complexity index is 633. The zero-order valence-electron chi connectivity index (χ0n) is 13.9. The molecule has 0 aliphatic rings. The zero-order chi connectivity index (χ0) is 18.1. The maximum absolute atomic E-state index is 10.4. The summed E-state index contributed by atoms with van der Waals surface area (Å²) in [7, 11) is 0. The third kappa shape index (κ3) is 6.08. The van der Waals surface area contributed by atoms with Crippen molar-refractivity contribution in [2.45, 2.75) is 30.9 Å². The summed E-state index contributed by atoms with van der Waals surface area (Å²) < 4.78 is 0. The summed E-state index contributed by atoms with van der Waals surface area (Å²) in [5, 5.41) is 42.2. The van der Waals surface area contributed by atoms with Crippen LogP contribution < -0.4 is 5.32 Å². The highest BCUT2D eigenvalue weighted by atomic mass is 16.4. The second kappa shape index (κ2) is 10.1. The molecule has 2 rings (SSSR count). The highest BCUT2D eigenvalue weighted by Crippen LogP contribution is 2.10. The van der Waals surface area contributed by atoms with Gasteiger partial charge in [-0.05, 0) is 11.1 Å². The smallest absolute Gasteiger partial charge is 0.110 e. The fourth-order valence-corrected chi connectivity index (χ4v) is 2.46. The van der Waals surface area contributed by atoms with Crippen LogP contribution in [0, 0.1) is 0 Å². The molecule has 0 aromatic heterocycles. The monoisotopic (exact) mass is 343 g/mol. The van der Waals surface area contributed by atoms with Crippen molar-refractivity contribution in [3.8, 4) is 0 Å². The summed E-state index contributed by atoms with van der Waals surface area (Å²) in [5.41, 5.74) is 1.99. The molecule has 4 atom stereocenters. The second-order valence-corrected chi connectivity index (χ2v) is 5.89. The van der Waals surface area contributed by atoms with E-state index in [-0.39, 0.29) is 0 Å². The number of benzene rings is 2. The van der Waals surface area contributed by atoms with Crippen LogP contribution in [0.25, 0.3) is 6.08 Å². The van der Waals surface area contributed by atoms with E-state index in [1.165, 1.54) is 0 Å². The summed E-state index contributed by atoms with van der Waals surface area (Å²) in [4.78, 5) is 0. The van der Waals surface area contributed by atoms with Crippen LogP contribution in [-0.4, -0.2) is 51.4 Å². The minimum Gasteiger partial charge on any atom is -0.394 e. The summed E-state index contributed by atoms with van der Waals surface area (Å²) in [5.74, 6) is 0. The Morgan fingerprint density at radius 2 is 1.44 bits per heavy atom. The van der Waals surface area contributed by atoms with Gasteiger partial charge in [0.25, 0.3) is 0 Å². The number of rotatable bonds is 9. The average molecular weight is 343 g/mol. The summed E-state index contributed by atoms with van der Waals surface area (Å²) >= 11 is 0. The van der Waals surface area contributed by atoms with Crippen molar-refractivity contribution in [1.29, 1.82) is 0 Å². The quantitative estimate of drug-likeness (QED) is 0.467. The lowest BCUT2D eigenvalue weighted by Gasteiger charge is -2.28. The van der Waals surface area contributed by atoms with Crippen LogP contribution in [0.4, 0.5) is 0 Å². The van der Waals surface area contributed by atoms with E-state index in [0.29, 0.717) is 6.54 Å². The Balaban J connectivity index is 2.10. The van der Waals surface area contributed by atoms with E-state index >= 15 is 0 Å². The van der Waals surface area contributed by atoms with Crippen LogP contribution in [-0.2, 0) is 6.54 Å². The Morgan fingerprint density at radius 1 is 0.840 bits per heavy atom. The molecule has 0 amide bonds. The lowest BCUT2D eigenvalue weighted by atomic mass is 9.99. The fourth-order valence-electron chi connectivity index (χ4n) is 2.46. The van der Waals surface area contributed by atoms with E-state index in [1.54, 1.807) is 6.08 Å². The molecule has 0 saturated heterocycles.